The van der Waals surface area contributed by atoms with Crippen molar-refractivity contribution in [2.24, 2.45) is 11.7 Å². The molecule has 1 saturated carbocycles. The van der Waals surface area contributed by atoms with Gasteiger partial charge in [0.15, 0.2) is 11.6 Å². The highest BCUT2D eigenvalue weighted by molar-refractivity contribution is 6.03. The molecule has 38 heavy (non-hydrogen) atoms. The molecule has 2 aromatic heterocycles. The summed E-state index contributed by atoms with van der Waals surface area (Å²) in [5.41, 5.74) is 6.28. The van der Waals surface area contributed by atoms with Gasteiger partial charge in [0.05, 0.1) is 30.2 Å². The molecule has 1 aliphatic carbocycles. The van der Waals surface area contributed by atoms with Crippen molar-refractivity contribution in [1.82, 2.24) is 9.97 Å². The molecule has 200 valence electrons. The van der Waals surface area contributed by atoms with Crippen LogP contribution in [0.3, 0.4) is 0 Å². The SMILES string of the molecule is COC1CCOc2c1cc(F)c(-c1nc(C(=O)Nc3cnccc3C3CC(C)CC(N)C3)ccc1F)c2F. The van der Waals surface area contributed by atoms with Gasteiger partial charge >= 0.3 is 0 Å². The molecule has 5 rings (SSSR count). The number of nitrogens with two attached hydrogens (primary N) is 1. The van der Waals surface area contributed by atoms with Crippen molar-refractivity contribution in [2.75, 3.05) is 19.0 Å². The zero-order valence-corrected chi connectivity index (χ0v) is 21.1. The Kier molecular flexibility index (Phi) is 7.36. The highest BCUT2D eigenvalue weighted by Gasteiger charge is 2.31. The van der Waals surface area contributed by atoms with Gasteiger partial charge in [-0.05, 0) is 60.9 Å². The number of fused-ring (bicyclic) bond motifs is 1. The van der Waals surface area contributed by atoms with E-state index in [0.29, 0.717) is 18.0 Å². The quantitative estimate of drug-likeness (QED) is 0.455. The molecule has 4 atom stereocenters. The first-order valence-electron chi connectivity index (χ1n) is 12.6. The fourth-order valence-corrected chi connectivity index (χ4v) is 5.60. The Morgan fingerprint density at radius 1 is 1.13 bits per heavy atom. The van der Waals surface area contributed by atoms with Crippen LogP contribution in [0.4, 0.5) is 18.9 Å². The topological polar surface area (TPSA) is 99.4 Å². The number of hydrogen-bond donors (Lipinski definition) is 2. The smallest absolute Gasteiger partial charge is 0.274 e. The maximum atomic E-state index is 15.4. The summed E-state index contributed by atoms with van der Waals surface area (Å²) in [5, 5.41) is 2.79. The number of nitrogens with one attached hydrogen (secondary N) is 1. The minimum absolute atomic E-state index is 0.0614. The minimum Gasteiger partial charge on any atom is -0.490 e. The molecule has 3 aromatic rings. The summed E-state index contributed by atoms with van der Waals surface area (Å²) in [4.78, 5) is 21.3. The van der Waals surface area contributed by atoms with Crippen molar-refractivity contribution >= 4 is 11.6 Å². The third kappa shape index (κ3) is 4.98. The number of halogens is 3. The molecule has 1 fully saturated rings. The van der Waals surface area contributed by atoms with E-state index < -0.39 is 40.7 Å². The predicted octanol–water partition coefficient (Wildman–Crippen LogP) is 5.51. The zero-order valence-electron chi connectivity index (χ0n) is 21.1. The number of ether oxygens (including phenoxy) is 2. The molecule has 1 aliphatic heterocycles. The summed E-state index contributed by atoms with van der Waals surface area (Å²) in [6.45, 7) is 2.30. The number of amides is 1. The first-order chi connectivity index (χ1) is 18.3. The van der Waals surface area contributed by atoms with Gasteiger partial charge in [0, 0.05) is 31.3 Å². The summed E-state index contributed by atoms with van der Waals surface area (Å²) in [6, 6.07) is 5.09. The van der Waals surface area contributed by atoms with E-state index in [1.807, 2.05) is 6.07 Å². The molecule has 0 bridgehead atoms. The van der Waals surface area contributed by atoms with Gasteiger partial charge in [-0.15, -0.1) is 0 Å². The maximum Gasteiger partial charge on any atom is 0.274 e. The van der Waals surface area contributed by atoms with Crippen LogP contribution in [0.2, 0.25) is 0 Å². The molecule has 3 heterocycles. The highest BCUT2D eigenvalue weighted by atomic mass is 19.1. The molecule has 0 saturated heterocycles. The molecule has 3 N–H and O–H groups in total. The summed E-state index contributed by atoms with van der Waals surface area (Å²) < 4.78 is 56.2. The average Bonchev–Trinajstić information content (AvgIpc) is 2.89. The van der Waals surface area contributed by atoms with E-state index in [2.05, 4.69) is 22.2 Å². The molecule has 7 nitrogen and oxygen atoms in total. The zero-order chi connectivity index (χ0) is 27.0. The van der Waals surface area contributed by atoms with E-state index in [0.717, 1.165) is 43.0 Å². The van der Waals surface area contributed by atoms with Crippen LogP contribution < -0.4 is 15.8 Å². The molecule has 4 unspecified atom stereocenters. The molecule has 0 radical (unpaired) electrons. The number of methoxy groups -OCH3 is 1. The van der Waals surface area contributed by atoms with E-state index >= 15 is 8.78 Å². The van der Waals surface area contributed by atoms with Crippen molar-refractivity contribution in [3.8, 4) is 17.0 Å². The van der Waals surface area contributed by atoms with Gasteiger partial charge in [-0.25, -0.2) is 18.2 Å². The summed E-state index contributed by atoms with van der Waals surface area (Å²) >= 11 is 0. The average molecular weight is 527 g/mol. The molecule has 1 amide bonds. The normalized spacial score (nSPS) is 22.9. The number of aromatic nitrogens is 2. The van der Waals surface area contributed by atoms with E-state index in [-0.39, 0.29) is 35.6 Å². The lowest BCUT2D eigenvalue weighted by Crippen LogP contribution is -2.31. The minimum atomic E-state index is -1.09. The van der Waals surface area contributed by atoms with E-state index in [9.17, 15) is 9.18 Å². The molecule has 10 heteroatoms. The number of carbonyl (C=O) groups is 1. The summed E-state index contributed by atoms with van der Waals surface area (Å²) in [7, 11) is 1.43. The molecular weight excluding hydrogens is 497 g/mol. The number of carbonyl (C=O) groups excluding carboxylic acids is 1. The lowest BCUT2D eigenvalue weighted by Gasteiger charge is -2.32. The Labute approximate surface area is 218 Å². The van der Waals surface area contributed by atoms with Crippen LogP contribution in [-0.4, -0.2) is 35.6 Å². The Balaban J connectivity index is 1.47. The van der Waals surface area contributed by atoms with Crippen molar-refractivity contribution in [1.29, 1.82) is 0 Å². The second-order valence-corrected chi connectivity index (χ2v) is 10.0. The van der Waals surface area contributed by atoms with E-state index in [4.69, 9.17) is 15.2 Å². The third-order valence-electron chi connectivity index (χ3n) is 7.30. The standard InChI is InChI=1S/C28H29F3N4O3/c1-14-9-15(11-16(32)10-14)17-5-7-33-13-22(17)35-28(36)21-4-3-19(29)26(34-21)24-20(30)12-18-23(37-2)6-8-38-27(18)25(24)31/h3-5,7,12-16,23H,6,8-11,32H2,1-2H3,(H,35,36). The van der Waals surface area contributed by atoms with Crippen molar-refractivity contribution in [3.63, 3.8) is 0 Å². The summed E-state index contributed by atoms with van der Waals surface area (Å²) in [6.07, 6.45) is 5.70. The number of benzene rings is 1. The Bertz CT molecular complexity index is 1360. The fourth-order valence-electron chi connectivity index (χ4n) is 5.60. The van der Waals surface area contributed by atoms with Gasteiger partial charge in [-0.2, -0.15) is 0 Å². The van der Waals surface area contributed by atoms with Gasteiger partial charge in [0.2, 0.25) is 0 Å². The number of pyridine rings is 2. The number of nitrogens with zero attached hydrogens (tertiary/aromatic N) is 2. The Morgan fingerprint density at radius 3 is 2.71 bits per heavy atom. The second-order valence-electron chi connectivity index (χ2n) is 10.0. The van der Waals surface area contributed by atoms with Crippen molar-refractivity contribution in [2.45, 2.75) is 50.7 Å². The Hall–Kier alpha value is -3.50. The molecule has 2 aliphatic rings. The van der Waals surface area contributed by atoms with Gasteiger partial charge in [0.1, 0.15) is 23.0 Å². The van der Waals surface area contributed by atoms with Crippen LogP contribution in [0.5, 0.6) is 5.75 Å². The van der Waals surface area contributed by atoms with Crippen LogP contribution in [0.25, 0.3) is 11.3 Å². The van der Waals surface area contributed by atoms with Crippen molar-refractivity contribution < 1.29 is 27.4 Å². The monoisotopic (exact) mass is 526 g/mol. The first kappa shape index (κ1) is 26.1. The fraction of sp³-hybridized carbons (Fsp3) is 0.393. The van der Waals surface area contributed by atoms with Crippen LogP contribution in [0.1, 0.15) is 66.2 Å². The third-order valence-corrected chi connectivity index (χ3v) is 7.30. The number of rotatable bonds is 5. The Morgan fingerprint density at radius 2 is 1.95 bits per heavy atom. The predicted molar refractivity (Wildman–Crippen MR) is 135 cm³/mol. The van der Waals surface area contributed by atoms with E-state index in [1.165, 1.54) is 13.3 Å². The highest BCUT2D eigenvalue weighted by Crippen LogP contribution is 2.42. The van der Waals surface area contributed by atoms with Gasteiger partial charge in [-0.3, -0.25) is 9.78 Å². The second kappa shape index (κ2) is 10.7. The van der Waals surface area contributed by atoms with Crippen LogP contribution in [0, 0.1) is 23.4 Å². The van der Waals surface area contributed by atoms with Gasteiger partial charge in [0.25, 0.3) is 5.91 Å². The van der Waals surface area contributed by atoms with Crippen LogP contribution in [-0.2, 0) is 4.74 Å². The molecule has 0 spiro atoms. The summed E-state index contributed by atoms with van der Waals surface area (Å²) in [5.74, 6) is -3.41. The van der Waals surface area contributed by atoms with Gasteiger partial charge in [-0.1, -0.05) is 6.92 Å². The largest absolute Gasteiger partial charge is 0.490 e. The van der Waals surface area contributed by atoms with Gasteiger partial charge < -0.3 is 20.5 Å². The van der Waals surface area contributed by atoms with Crippen LogP contribution >= 0.6 is 0 Å². The van der Waals surface area contributed by atoms with Crippen molar-refractivity contribution in [3.05, 3.63) is 70.9 Å². The number of hydrogen-bond acceptors (Lipinski definition) is 6. The number of anilines is 1. The molecular formula is C28H29F3N4O3. The lowest BCUT2D eigenvalue weighted by atomic mass is 9.76. The van der Waals surface area contributed by atoms with E-state index in [1.54, 1.807) is 6.20 Å². The molecule has 1 aromatic carbocycles. The lowest BCUT2D eigenvalue weighted by molar-refractivity contribution is 0.0614. The van der Waals surface area contributed by atoms with Crippen LogP contribution in [0.15, 0.2) is 36.7 Å². The first-order valence-corrected chi connectivity index (χ1v) is 12.6. The maximum absolute atomic E-state index is 15.4.